The van der Waals surface area contributed by atoms with Gasteiger partial charge in [-0.2, -0.15) is 0 Å². The van der Waals surface area contributed by atoms with Crippen LogP contribution in [0.15, 0.2) is 12.1 Å². The summed E-state index contributed by atoms with van der Waals surface area (Å²) in [7, 11) is 0. The predicted octanol–water partition coefficient (Wildman–Crippen LogP) is 1.05. The molecule has 86 valence electrons. The largest absolute Gasteiger partial charge is 0.354 e. The molecule has 0 aromatic carbocycles. The van der Waals surface area contributed by atoms with Crippen molar-refractivity contribution in [3.8, 4) is 0 Å². The third-order valence-corrected chi connectivity index (χ3v) is 2.61. The normalized spacial score (nSPS) is 16.2. The van der Waals surface area contributed by atoms with Gasteiger partial charge in [-0.05, 0) is 0 Å². The highest BCUT2D eigenvalue weighted by Crippen LogP contribution is 2.23. The summed E-state index contributed by atoms with van der Waals surface area (Å²) in [6.45, 7) is 3.26. The quantitative estimate of drug-likeness (QED) is 0.477. The summed E-state index contributed by atoms with van der Waals surface area (Å²) >= 11 is 5.76. The first-order valence-electron chi connectivity index (χ1n) is 4.94. The number of nitrogens with one attached hydrogen (secondary N) is 1. The Morgan fingerprint density at radius 2 is 2.12 bits per heavy atom. The average Bonchev–Trinajstić information content (AvgIpc) is 2.29. The maximum Gasteiger partial charge on any atom is 0.276 e. The summed E-state index contributed by atoms with van der Waals surface area (Å²) in [5.41, 5.74) is -0.0199. The molecular formula is C9H11ClN4O2. The van der Waals surface area contributed by atoms with Gasteiger partial charge in [0.15, 0.2) is 0 Å². The van der Waals surface area contributed by atoms with Gasteiger partial charge in [0.2, 0.25) is 0 Å². The van der Waals surface area contributed by atoms with E-state index in [0.29, 0.717) is 5.82 Å². The lowest BCUT2D eigenvalue weighted by Crippen LogP contribution is -2.43. The standard InChI is InChI=1S/C9H11ClN4O2/c10-8-5-7(14(15)16)6-9(12-8)13-3-1-11-2-4-13/h5-6,11H,1-4H2. The summed E-state index contributed by atoms with van der Waals surface area (Å²) in [5.74, 6) is 0.570. The molecule has 1 fully saturated rings. The number of rotatable bonds is 2. The summed E-state index contributed by atoms with van der Waals surface area (Å²) < 4.78 is 0. The predicted molar refractivity (Wildman–Crippen MR) is 61.0 cm³/mol. The summed E-state index contributed by atoms with van der Waals surface area (Å²) in [6, 6.07) is 2.71. The van der Waals surface area contributed by atoms with Crippen LogP contribution in [0.5, 0.6) is 0 Å². The van der Waals surface area contributed by atoms with Crippen molar-refractivity contribution in [2.75, 3.05) is 31.1 Å². The molecule has 1 aromatic rings. The highest BCUT2D eigenvalue weighted by Gasteiger charge is 2.16. The molecule has 16 heavy (non-hydrogen) atoms. The Bertz CT molecular complexity index is 406. The number of aromatic nitrogens is 1. The van der Waals surface area contributed by atoms with Gasteiger partial charge in [0.1, 0.15) is 11.0 Å². The van der Waals surface area contributed by atoms with Crippen LogP contribution in [-0.4, -0.2) is 36.1 Å². The van der Waals surface area contributed by atoms with Crippen molar-refractivity contribution in [2.45, 2.75) is 0 Å². The first-order chi connectivity index (χ1) is 7.66. The van der Waals surface area contributed by atoms with E-state index in [2.05, 4.69) is 10.3 Å². The molecule has 1 aliphatic rings. The van der Waals surface area contributed by atoms with Gasteiger partial charge in [-0.15, -0.1) is 0 Å². The third-order valence-electron chi connectivity index (χ3n) is 2.42. The molecule has 0 radical (unpaired) electrons. The molecule has 0 spiro atoms. The number of nitro groups is 1. The van der Waals surface area contributed by atoms with E-state index >= 15 is 0 Å². The molecule has 0 atom stereocenters. The number of halogens is 1. The fourth-order valence-corrected chi connectivity index (χ4v) is 1.83. The number of piperazine rings is 1. The summed E-state index contributed by atoms with van der Waals surface area (Å²) in [4.78, 5) is 16.3. The van der Waals surface area contributed by atoms with Crippen LogP contribution in [0, 0.1) is 10.1 Å². The lowest BCUT2D eigenvalue weighted by Gasteiger charge is -2.28. The summed E-state index contributed by atoms with van der Waals surface area (Å²) in [5, 5.41) is 14.0. The monoisotopic (exact) mass is 242 g/mol. The van der Waals surface area contributed by atoms with Crippen molar-refractivity contribution in [1.82, 2.24) is 10.3 Å². The van der Waals surface area contributed by atoms with Gasteiger partial charge in [0.05, 0.1) is 17.1 Å². The van der Waals surface area contributed by atoms with Crippen molar-refractivity contribution in [3.05, 3.63) is 27.4 Å². The van der Waals surface area contributed by atoms with E-state index in [1.165, 1.54) is 12.1 Å². The molecule has 7 heteroatoms. The minimum atomic E-state index is -0.459. The Kier molecular flexibility index (Phi) is 3.21. The van der Waals surface area contributed by atoms with Gasteiger partial charge in [-0.25, -0.2) is 4.98 Å². The highest BCUT2D eigenvalue weighted by atomic mass is 35.5. The van der Waals surface area contributed by atoms with Crippen LogP contribution in [0.1, 0.15) is 0 Å². The molecule has 1 aromatic heterocycles. The molecule has 0 bridgehead atoms. The molecule has 0 saturated carbocycles. The molecule has 2 heterocycles. The van der Waals surface area contributed by atoms with E-state index in [1.807, 2.05) is 4.90 Å². The zero-order valence-corrected chi connectivity index (χ0v) is 9.28. The van der Waals surface area contributed by atoms with Crippen molar-refractivity contribution in [1.29, 1.82) is 0 Å². The zero-order chi connectivity index (χ0) is 11.5. The van der Waals surface area contributed by atoms with Crippen LogP contribution in [0.4, 0.5) is 11.5 Å². The Morgan fingerprint density at radius 3 is 2.75 bits per heavy atom. The van der Waals surface area contributed by atoms with Crippen LogP contribution >= 0.6 is 11.6 Å². The zero-order valence-electron chi connectivity index (χ0n) is 8.52. The molecule has 2 rings (SSSR count). The second-order valence-electron chi connectivity index (χ2n) is 3.50. The van der Waals surface area contributed by atoms with Crippen LogP contribution < -0.4 is 10.2 Å². The first-order valence-corrected chi connectivity index (χ1v) is 5.32. The van der Waals surface area contributed by atoms with Crippen LogP contribution in [0.2, 0.25) is 5.15 Å². The number of anilines is 1. The minimum Gasteiger partial charge on any atom is -0.354 e. The molecule has 1 N–H and O–H groups in total. The molecule has 1 aliphatic heterocycles. The van der Waals surface area contributed by atoms with Gasteiger partial charge in [-0.1, -0.05) is 11.6 Å². The Balaban J connectivity index is 2.28. The molecule has 6 nitrogen and oxygen atoms in total. The van der Waals surface area contributed by atoms with Gasteiger partial charge >= 0.3 is 0 Å². The molecule has 0 aliphatic carbocycles. The third kappa shape index (κ3) is 2.40. The average molecular weight is 243 g/mol. The van der Waals surface area contributed by atoms with E-state index in [1.54, 1.807) is 0 Å². The lowest BCUT2D eigenvalue weighted by molar-refractivity contribution is -0.384. The number of hydrogen-bond acceptors (Lipinski definition) is 5. The second kappa shape index (κ2) is 4.63. The Hall–Kier alpha value is -1.40. The van der Waals surface area contributed by atoms with E-state index in [0.717, 1.165) is 26.2 Å². The van der Waals surface area contributed by atoms with Gasteiger partial charge in [0, 0.05) is 26.2 Å². The van der Waals surface area contributed by atoms with Gasteiger partial charge in [-0.3, -0.25) is 10.1 Å². The number of pyridine rings is 1. The second-order valence-corrected chi connectivity index (χ2v) is 3.89. The topological polar surface area (TPSA) is 71.3 Å². The van der Waals surface area contributed by atoms with Gasteiger partial charge in [0.25, 0.3) is 5.69 Å². The fraction of sp³-hybridized carbons (Fsp3) is 0.444. The Labute approximate surface area is 97.4 Å². The van der Waals surface area contributed by atoms with E-state index in [-0.39, 0.29) is 10.8 Å². The highest BCUT2D eigenvalue weighted by molar-refractivity contribution is 6.29. The van der Waals surface area contributed by atoms with Crippen molar-refractivity contribution in [2.24, 2.45) is 0 Å². The lowest BCUT2D eigenvalue weighted by atomic mass is 10.3. The minimum absolute atomic E-state index is 0.0199. The molecule has 0 unspecified atom stereocenters. The first kappa shape index (κ1) is 11.1. The fourth-order valence-electron chi connectivity index (χ4n) is 1.63. The molecule has 1 saturated heterocycles. The van der Waals surface area contributed by atoms with Crippen LogP contribution in [0.3, 0.4) is 0 Å². The smallest absolute Gasteiger partial charge is 0.276 e. The van der Waals surface area contributed by atoms with Gasteiger partial charge < -0.3 is 10.2 Å². The SMILES string of the molecule is O=[N+]([O-])c1cc(Cl)nc(N2CCNCC2)c1. The van der Waals surface area contributed by atoms with Crippen molar-refractivity contribution >= 4 is 23.1 Å². The molecule has 0 amide bonds. The maximum absolute atomic E-state index is 10.7. The van der Waals surface area contributed by atoms with E-state index in [4.69, 9.17) is 11.6 Å². The maximum atomic E-state index is 10.7. The number of nitrogens with zero attached hydrogens (tertiary/aromatic N) is 3. The summed E-state index contributed by atoms with van der Waals surface area (Å²) in [6.07, 6.45) is 0. The molecular weight excluding hydrogens is 232 g/mol. The Morgan fingerprint density at radius 1 is 1.44 bits per heavy atom. The van der Waals surface area contributed by atoms with E-state index in [9.17, 15) is 10.1 Å². The van der Waals surface area contributed by atoms with Crippen LogP contribution in [0.25, 0.3) is 0 Å². The van der Waals surface area contributed by atoms with E-state index < -0.39 is 4.92 Å². The number of hydrogen-bond donors (Lipinski definition) is 1. The van der Waals surface area contributed by atoms with Crippen molar-refractivity contribution < 1.29 is 4.92 Å². The van der Waals surface area contributed by atoms with Crippen molar-refractivity contribution in [3.63, 3.8) is 0 Å². The van der Waals surface area contributed by atoms with Crippen LogP contribution in [-0.2, 0) is 0 Å².